The first-order valence-electron chi connectivity index (χ1n) is 8.48. The number of nitrogens with one attached hydrogen (secondary N) is 1. The number of fused-ring (bicyclic) bond motifs is 1. The molecular weight excluding hydrogens is 352 g/mol. The molecule has 1 saturated carbocycles. The summed E-state index contributed by atoms with van der Waals surface area (Å²) in [6, 6.07) is 3.48. The largest absolute Gasteiger partial charge is 0.481 e. The summed E-state index contributed by atoms with van der Waals surface area (Å²) in [5, 5.41) is 14.8. The Kier molecular flexibility index (Phi) is 4.37. The zero-order chi connectivity index (χ0) is 18.3. The van der Waals surface area contributed by atoms with Crippen molar-refractivity contribution in [2.24, 2.45) is 5.92 Å². The maximum Gasteiger partial charge on any atom is 0.270 e. The number of aliphatic hydroxyl groups excluding tert-OH is 1. The van der Waals surface area contributed by atoms with Gasteiger partial charge in [0.15, 0.2) is 4.96 Å². The number of aliphatic hydroxyl groups is 1. The lowest BCUT2D eigenvalue weighted by Crippen LogP contribution is -2.41. The normalized spacial score (nSPS) is 20.6. The molecule has 3 aromatic rings. The Balaban J connectivity index is 1.62. The Bertz CT molecular complexity index is 928. The van der Waals surface area contributed by atoms with Gasteiger partial charge in [0.05, 0.1) is 24.9 Å². The first-order valence-corrected chi connectivity index (χ1v) is 9.35. The van der Waals surface area contributed by atoms with E-state index in [0.29, 0.717) is 30.1 Å². The molecule has 7 nitrogen and oxygen atoms in total. The van der Waals surface area contributed by atoms with Crippen LogP contribution in [-0.2, 0) is 0 Å². The van der Waals surface area contributed by atoms with Crippen molar-refractivity contribution in [1.82, 2.24) is 19.7 Å². The quantitative estimate of drug-likeness (QED) is 0.718. The lowest BCUT2D eigenvalue weighted by atomic mass is 9.75. The fourth-order valence-corrected chi connectivity index (χ4v) is 4.21. The van der Waals surface area contributed by atoms with E-state index in [2.05, 4.69) is 15.3 Å². The zero-order valence-electron chi connectivity index (χ0n) is 14.5. The molecule has 1 aliphatic carbocycles. The number of carbonyl (C=O) groups excluding carboxylic acids is 1. The van der Waals surface area contributed by atoms with E-state index in [1.807, 2.05) is 29.0 Å². The third-order valence-corrected chi connectivity index (χ3v) is 5.64. The average Bonchev–Trinajstić information content (AvgIpc) is 3.17. The number of ether oxygens (including phenoxy) is 1. The molecule has 1 atom stereocenters. The third-order valence-electron chi connectivity index (χ3n) is 4.89. The average molecular weight is 372 g/mol. The van der Waals surface area contributed by atoms with Crippen LogP contribution in [0.1, 0.15) is 40.6 Å². The number of nitrogens with zero attached hydrogens (tertiary/aromatic N) is 3. The molecule has 8 heteroatoms. The fourth-order valence-electron chi connectivity index (χ4n) is 3.45. The molecule has 1 amide bonds. The number of methoxy groups -OCH3 is 1. The van der Waals surface area contributed by atoms with Crippen LogP contribution < -0.4 is 10.1 Å². The number of imidazole rings is 1. The van der Waals surface area contributed by atoms with E-state index in [1.165, 1.54) is 11.3 Å². The molecule has 3 heterocycles. The summed E-state index contributed by atoms with van der Waals surface area (Å²) in [5.41, 5.74) is 2.15. The van der Waals surface area contributed by atoms with Crippen molar-refractivity contribution in [2.75, 3.05) is 7.11 Å². The fraction of sp³-hybridized carbons (Fsp3) is 0.389. The first kappa shape index (κ1) is 17.0. The monoisotopic (exact) mass is 372 g/mol. The molecule has 0 saturated heterocycles. The Morgan fingerprint density at radius 2 is 2.27 bits per heavy atom. The molecule has 4 rings (SSSR count). The van der Waals surface area contributed by atoms with Gasteiger partial charge >= 0.3 is 0 Å². The van der Waals surface area contributed by atoms with Gasteiger partial charge in [-0.15, -0.1) is 11.3 Å². The van der Waals surface area contributed by atoms with E-state index in [1.54, 1.807) is 19.4 Å². The Morgan fingerprint density at radius 1 is 1.46 bits per heavy atom. The number of carbonyl (C=O) groups is 1. The molecule has 1 fully saturated rings. The van der Waals surface area contributed by atoms with Crippen molar-refractivity contribution in [2.45, 2.75) is 31.9 Å². The van der Waals surface area contributed by atoms with Crippen molar-refractivity contribution in [3.63, 3.8) is 0 Å². The van der Waals surface area contributed by atoms with Gasteiger partial charge in [-0.05, 0) is 31.2 Å². The number of amides is 1. The highest BCUT2D eigenvalue weighted by Crippen LogP contribution is 2.38. The second kappa shape index (κ2) is 6.69. The predicted octanol–water partition coefficient (Wildman–Crippen LogP) is 2.35. The Hall–Kier alpha value is -2.45. The molecule has 0 unspecified atom stereocenters. The van der Waals surface area contributed by atoms with E-state index < -0.39 is 0 Å². The van der Waals surface area contributed by atoms with Crippen LogP contribution in [0.2, 0.25) is 0 Å². The summed E-state index contributed by atoms with van der Waals surface area (Å²) in [6.45, 7) is 1.84. The van der Waals surface area contributed by atoms with Gasteiger partial charge in [0.1, 0.15) is 5.69 Å². The van der Waals surface area contributed by atoms with Crippen molar-refractivity contribution in [3.8, 4) is 5.88 Å². The van der Waals surface area contributed by atoms with Crippen molar-refractivity contribution in [1.29, 1.82) is 0 Å². The van der Waals surface area contributed by atoms with Crippen LogP contribution in [0, 0.1) is 12.8 Å². The minimum absolute atomic E-state index is 0.171. The van der Waals surface area contributed by atoms with Crippen molar-refractivity contribution < 1.29 is 14.6 Å². The zero-order valence-corrected chi connectivity index (χ0v) is 15.4. The highest BCUT2D eigenvalue weighted by Gasteiger charge is 2.36. The summed E-state index contributed by atoms with van der Waals surface area (Å²) in [6.07, 6.45) is 4.60. The maximum absolute atomic E-state index is 13.0. The summed E-state index contributed by atoms with van der Waals surface area (Å²) < 4.78 is 6.93. The van der Waals surface area contributed by atoms with Gasteiger partial charge in [-0.3, -0.25) is 9.20 Å². The molecule has 3 aromatic heterocycles. The van der Waals surface area contributed by atoms with Crippen molar-refractivity contribution >= 4 is 22.2 Å². The second-order valence-electron chi connectivity index (χ2n) is 6.57. The number of aryl methyl sites for hydroxylation is 1. The second-order valence-corrected chi connectivity index (χ2v) is 7.44. The van der Waals surface area contributed by atoms with Gasteiger partial charge < -0.3 is 15.2 Å². The van der Waals surface area contributed by atoms with Gasteiger partial charge in [-0.25, -0.2) is 9.97 Å². The van der Waals surface area contributed by atoms with Crippen LogP contribution in [0.4, 0.5) is 0 Å². The molecule has 26 heavy (non-hydrogen) atoms. The molecule has 136 valence electrons. The smallest absolute Gasteiger partial charge is 0.270 e. The summed E-state index contributed by atoms with van der Waals surface area (Å²) in [7, 11) is 1.57. The van der Waals surface area contributed by atoms with Gasteiger partial charge in [-0.1, -0.05) is 6.07 Å². The van der Waals surface area contributed by atoms with E-state index >= 15 is 0 Å². The number of thiazole rings is 1. The van der Waals surface area contributed by atoms with Crippen LogP contribution in [-0.4, -0.2) is 38.6 Å². The maximum atomic E-state index is 13.0. The third kappa shape index (κ3) is 2.95. The Morgan fingerprint density at radius 3 is 2.92 bits per heavy atom. The van der Waals surface area contributed by atoms with Crippen LogP contribution in [0.15, 0.2) is 29.9 Å². The molecule has 0 spiro atoms. The van der Waals surface area contributed by atoms with Gasteiger partial charge in [0, 0.05) is 23.8 Å². The highest BCUT2D eigenvalue weighted by atomic mass is 32.1. The van der Waals surface area contributed by atoms with Crippen LogP contribution in [0.3, 0.4) is 0 Å². The highest BCUT2D eigenvalue weighted by molar-refractivity contribution is 7.15. The molecule has 1 aliphatic rings. The molecule has 0 aliphatic heterocycles. The van der Waals surface area contributed by atoms with Crippen LogP contribution in [0.5, 0.6) is 5.88 Å². The number of hydrogen-bond donors (Lipinski definition) is 2. The molecular formula is C18H20N4O3S. The van der Waals surface area contributed by atoms with Crippen molar-refractivity contribution in [3.05, 3.63) is 46.9 Å². The number of aromatic nitrogens is 3. The van der Waals surface area contributed by atoms with E-state index in [9.17, 15) is 9.90 Å². The van der Waals surface area contributed by atoms with E-state index in [0.717, 1.165) is 10.5 Å². The van der Waals surface area contributed by atoms with Gasteiger partial charge in [0.25, 0.3) is 5.91 Å². The minimum Gasteiger partial charge on any atom is -0.481 e. The molecule has 0 aromatic carbocycles. The number of rotatable bonds is 5. The topological polar surface area (TPSA) is 88.8 Å². The SMILES string of the molecule is COc1ccc([C@H](NC(=O)c2c(C)nc3sccn23)C2CC(O)C2)cn1. The summed E-state index contributed by atoms with van der Waals surface area (Å²) in [4.78, 5) is 22.5. The summed E-state index contributed by atoms with van der Waals surface area (Å²) >= 11 is 1.50. The van der Waals surface area contributed by atoms with Gasteiger partial charge in [-0.2, -0.15) is 0 Å². The number of pyridine rings is 1. The Labute approximate surface area is 154 Å². The standard InChI is InChI=1S/C18H20N4O3S/c1-10-16(22-5-6-26-18(22)20-10)17(24)21-15(12-7-13(23)8-12)11-3-4-14(25-2)19-9-11/h3-6,9,12-13,15,23H,7-8H2,1-2H3,(H,21,24)/t12?,13?,15-/m0/s1. The molecule has 0 bridgehead atoms. The summed E-state index contributed by atoms with van der Waals surface area (Å²) in [5.74, 6) is 0.532. The van der Waals surface area contributed by atoms with Crippen LogP contribution in [0.25, 0.3) is 4.96 Å². The van der Waals surface area contributed by atoms with E-state index in [-0.39, 0.29) is 24.0 Å². The number of hydrogen-bond acceptors (Lipinski definition) is 6. The molecule has 0 radical (unpaired) electrons. The minimum atomic E-state index is -0.300. The lowest BCUT2D eigenvalue weighted by Gasteiger charge is -2.38. The van der Waals surface area contributed by atoms with Gasteiger partial charge in [0.2, 0.25) is 5.88 Å². The lowest BCUT2D eigenvalue weighted by molar-refractivity contribution is 0.0234. The van der Waals surface area contributed by atoms with E-state index in [4.69, 9.17) is 4.74 Å². The predicted molar refractivity (Wildman–Crippen MR) is 97.5 cm³/mol. The van der Waals surface area contributed by atoms with Crippen LogP contribution >= 0.6 is 11.3 Å². The first-order chi connectivity index (χ1) is 12.6. The molecule has 2 N–H and O–H groups in total.